The van der Waals surface area contributed by atoms with E-state index in [2.05, 4.69) is 10.6 Å². The second-order valence-corrected chi connectivity index (χ2v) is 9.88. The standard InChI is InChI=1S/C22H24FN3O6S/c1-14(21(27)25-17-6-9-19-20(11-17)32-13-31-19)24-22(28)15-3-2-10-26(12-15)33(29,30)18-7-4-16(23)5-8-18/h4-9,11,14-15H,2-3,10,12-13H2,1H3,(H,24,28)(H,25,27). The fraction of sp³-hybridized carbons (Fsp3) is 0.364. The first kappa shape index (κ1) is 23.0. The average molecular weight is 478 g/mol. The highest BCUT2D eigenvalue weighted by atomic mass is 32.2. The van der Waals surface area contributed by atoms with Crippen LogP contribution in [-0.2, 0) is 19.6 Å². The van der Waals surface area contributed by atoms with Crippen molar-refractivity contribution in [3.63, 3.8) is 0 Å². The molecule has 2 unspecified atom stereocenters. The van der Waals surface area contributed by atoms with Gasteiger partial charge < -0.3 is 20.1 Å². The molecule has 2 N–H and O–H groups in total. The number of hydrogen-bond donors (Lipinski definition) is 2. The van der Waals surface area contributed by atoms with Gasteiger partial charge in [0.25, 0.3) is 0 Å². The Morgan fingerprint density at radius 3 is 2.61 bits per heavy atom. The highest BCUT2D eigenvalue weighted by Gasteiger charge is 2.34. The van der Waals surface area contributed by atoms with Crippen molar-refractivity contribution in [1.82, 2.24) is 9.62 Å². The molecule has 2 amide bonds. The molecule has 0 aliphatic carbocycles. The van der Waals surface area contributed by atoms with Crippen molar-refractivity contribution >= 4 is 27.5 Å². The predicted octanol–water partition coefficient (Wildman–Crippen LogP) is 2.10. The normalized spacial score (nSPS) is 19.0. The third-order valence-electron chi connectivity index (χ3n) is 5.60. The van der Waals surface area contributed by atoms with Gasteiger partial charge >= 0.3 is 0 Å². The molecule has 2 atom stereocenters. The molecule has 11 heteroatoms. The molecular weight excluding hydrogens is 453 g/mol. The molecule has 9 nitrogen and oxygen atoms in total. The van der Waals surface area contributed by atoms with Crippen molar-refractivity contribution in [2.24, 2.45) is 5.92 Å². The van der Waals surface area contributed by atoms with Crippen LogP contribution in [0.5, 0.6) is 11.5 Å². The third-order valence-corrected chi connectivity index (χ3v) is 7.48. The van der Waals surface area contributed by atoms with Gasteiger partial charge in [-0.1, -0.05) is 0 Å². The number of halogens is 1. The molecule has 0 spiro atoms. The summed E-state index contributed by atoms with van der Waals surface area (Å²) in [5.74, 6) is -0.843. The quantitative estimate of drug-likeness (QED) is 0.659. The molecule has 4 rings (SSSR count). The fourth-order valence-corrected chi connectivity index (χ4v) is 5.28. The second-order valence-electron chi connectivity index (χ2n) is 7.94. The van der Waals surface area contributed by atoms with Crippen LogP contribution >= 0.6 is 0 Å². The molecule has 0 radical (unpaired) electrons. The molecular formula is C22H24FN3O6S. The lowest BCUT2D eigenvalue weighted by atomic mass is 9.98. The van der Waals surface area contributed by atoms with Crippen molar-refractivity contribution in [1.29, 1.82) is 0 Å². The lowest BCUT2D eigenvalue weighted by molar-refractivity contribution is -0.129. The summed E-state index contributed by atoms with van der Waals surface area (Å²) in [4.78, 5) is 25.3. The number of carbonyl (C=O) groups excluding carboxylic acids is 2. The molecule has 0 bridgehead atoms. The number of ether oxygens (including phenoxy) is 2. The van der Waals surface area contributed by atoms with Crippen molar-refractivity contribution in [2.75, 3.05) is 25.2 Å². The van der Waals surface area contributed by atoms with Crippen molar-refractivity contribution < 1.29 is 31.9 Å². The second kappa shape index (κ2) is 9.36. The Balaban J connectivity index is 1.35. The van der Waals surface area contributed by atoms with Crippen LogP contribution in [0.3, 0.4) is 0 Å². The van der Waals surface area contributed by atoms with Crippen molar-refractivity contribution in [3.05, 3.63) is 48.3 Å². The van der Waals surface area contributed by atoms with Gasteiger partial charge in [-0.2, -0.15) is 4.31 Å². The number of benzene rings is 2. The monoisotopic (exact) mass is 477 g/mol. The maximum absolute atomic E-state index is 13.2. The molecule has 2 aliphatic heterocycles. The lowest BCUT2D eigenvalue weighted by Gasteiger charge is -2.31. The van der Waals surface area contributed by atoms with E-state index in [9.17, 15) is 22.4 Å². The highest BCUT2D eigenvalue weighted by Crippen LogP contribution is 2.34. The summed E-state index contributed by atoms with van der Waals surface area (Å²) in [6, 6.07) is 8.72. The molecule has 1 saturated heterocycles. The van der Waals surface area contributed by atoms with Crippen LogP contribution in [0.15, 0.2) is 47.4 Å². The van der Waals surface area contributed by atoms with E-state index in [1.54, 1.807) is 25.1 Å². The molecule has 1 fully saturated rings. The first-order valence-electron chi connectivity index (χ1n) is 10.5. The Kier molecular flexibility index (Phi) is 6.52. The first-order chi connectivity index (χ1) is 15.7. The van der Waals surface area contributed by atoms with Gasteiger partial charge in [0.2, 0.25) is 28.6 Å². The summed E-state index contributed by atoms with van der Waals surface area (Å²) in [5, 5.41) is 5.38. The number of hydrogen-bond acceptors (Lipinski definition) is 6. The maximum atomic E-state index is 13.2. The number of rotatable bonds is 6. The predicted molar refractivity (Wildman–Crippen MR) is 117 cm³/mol. The molecule has 0 aromatic heterocycles. The smallest absolute Gasteiger partial charge is 0.246 e. The highest BCUT2D eigenvalue weighted by molar-refractivity contribution is 7.89. The number of nitrogens with one attached hydrogen (secondary N) is 2. The molecule has 2 heterocycles. The van der Waals surface area contributed by atoms with Gasteiger partial charge in [0.05, 0.1) is 10.8 Å². The van der Waals surface area contributed by atoms with Gasteiger partial charge in [0.1, 0.15) is 11.9 Å². The number of amides is 2. The Hall–Kier alpha value is -3.18. The number of anilines is 1. The van der Waals surface area contributed by atoms with E-state index in [4.69, 9.17) is 9.47 Å². The average Bonchev–Trinajstić information content (AvgIpc) is 3.27. The van der Waals surface area contributed by atoms with E-state index in [0.717, 1.165) is 12.1 Å². The molecule has 33 heavy (non-hydrogen) atoms. The lowest BCUT2D eigenvalue weighted by Crippen LogP contribution is -2.49. The van der Waals surface area contributed by atoms with Gasteiger partial charge in [-0.25, -0.2) is 12.8 Å². The van der Waals surface area contributed by atoms with Crippen LogP contribution in [0.25, 0.3) is 0 Å². The SMILES string of the molecule is CC(NC(=O)C1CCCN(S(=O)(=O)c2ccc(F)cc2)C1)C(=O)Nc1ccc2c(c1)OCO2. The summed E-state index contributed by atoms with van der Waals surface area (Å²) in [5.41, 5.74) is 0.500. The van der Waals surface area contributed by atoms with E-state index in [0.29, 0.717) is 30.0 Å². The first-order valence-corrected chi connectivity index (χ1v) is 11.9. The van der Waals surface area contributed by atoms with Gasteiger partial charge in [-0.15, -0.1) is 0 Å². The van der Waals surface area contributed by atoms with Crippen LogP contribution in [0.1, 0.15) is 19.8 Å². The molecule has 2 aromatic carbocycles. The van der Waals surface area contributed by atoms with Crippen LogP contribution < -0.4 is 20.1 Å². The maximum Gasteiger partial charge on any atom is 0.246 e. The summed E-state index contributed by atoms with van der Waals surface area (Å²) >= 11 is 0. The number of fused-ring (bicyclic) bond motifs is 1. The molecule has 2 aromatic rings. The molecule has 2 aliphatic rings. The van der Waals surface area contributed by atoms with Crippen LogP contribution in [0.4, 0.5) is 10.1 Å². The van der Waals surface area contributed by atoms with E-state index >= 15 is 0 Å². The molecule has 0 saturated carbocycles. The number of sulfonamides is 1. The Morgan fingerprint density at radius 1 is 1.12 bits per heavy atom. The minimum Gasteiger partial charge on any atom is -0.454 e. The van der Waals surface area contributed by atoms with Gasteiger partial charge in [0.15, 0.2) is 11.5 Å². The number of nitrogens with zero attached hydrogens (tertiary/aromatic N) is 1. The Morgan fingerprint density at radius 2 is 1.85 bits per heavy atom. The Labute approximate surface area is 190 Å². The zero-order valence-electron chi connectivity index (χ0n) is 17.9. The summed E-state index contributed by atoms with van der Waals surface area (Å²) in [6.07, 6.45) is 0.994. The third kappa shape index (κ3) is 5.09. The number of carbonyl (C=O) groups is 2. The zero-order valence-corrected chi connectivity index (χ0v) is 18.7. The largest absolute Gasteiger partial charge is 0.454 e. The van der Waals surface area contributed by atoms with Gasteiger partial charge in [-0.05, 0) is 56.2 Å². The summed E-state index contributed by atoms with van der Waals surface area (Å²) < 4.78 is 50.6. The Bertz CT molecular complexity index is 1160. The summed E-state index contributed by atoms with van der Waals surface area (Å²) in [6.45, 7) is 1.93. The number of piperidine rings is 1. The van der Waals surface area contributed by atoms with Gasteiger partial charge in [0, 0.05) is 24.8 Å². The summed E-state index contributed by atoms with van der Waals surface area (Å²) in [7, 11) is -3.85. The van der Waals surface area contributed by atoms with E-state index in [1.165, 1.54) is 16.4 Å². The zero-order chi connectivity index (χ0) is 23.6. The van der Waals surface area contributed by atoms with E-state index < -0.39 is 39.6 Å². The van der Waals surface area contributed by atoms with Gasteiger partial charge in [-0.3, -0.25) is 9.59 Å². The topological polar surface area (TPSA) is 114 Å². The minimum atomic E-state index is -3.85. The van der Waals surface area contributed by atoms with Crippen molar-refractivity contribution in [3.8, 4) is 11.5 Å². The van der Waals surface area contributed by atoms with Crippen LogP contribution in [-0.4, -0.2) is 50.5 Å². The van der Waals surface area contributed by atoms with Crippen LogP contribution in [0, 0.1) is 11.7 Å². The van der Waals surface area contributed by atoms with E-state index in [1.807, 2.05) is 0 Å². The minimum absolute atomic E-state index is 0.0119. The van der Waals surface area contributed by atoms with Crippen LogP contribution in [0.2, 0.25) is 0 Å². The van der Waals surface area contributed by atoms with Crippen molar-refractivity contribution in [2.45, 2.75) is 30.7 Å². The van der Waals surface area contributed by atoms with E-state index in [-0.39, 0.29) is 24.8 Å². The fourth-order valence-electron chi connectivity index (χ4n) is 3.75. The molecule has 176 valence electrons.